The predicted octanol–water partition coefficient (Wildman–Crippen LogP) is 4.35. The zero-order chi connectivity index (χ0) is 21.3. The number of anilines is 2. The minimum Gasteiger partial charge on any atom is -0.458 e. The van der Waals surface area contributed by atoms with E-state index in [1.807, 2.05) is 50.2 Å². The summed E-state index contributed by atoms with van der Waals surface area (Å²) in [6.45, 7) is 4.96. The fraction of sp³-hybridized carbons (Fsp3) is 0.318. The van der Waals surface area contributed by atoms with E-state index in [1.165, 1.54) is 11.3 Å². The zero-order valence-corrected chi connectivity index (χ0v) is 17.8. The van der Waals surface area contributed by atoms with Gasteiger partial charge in [-0.1, -0.05) is 18.2 Å². The molecule has 1 aliphatic rings. The number of nitrogens with one attached hydrogen (secondary N) is 1. The van der Waals surface area contributed by atoms with Crippen molar-refractivity contribution in [2.45, 2.75) is 32.8 Å². The molecule has 0 bridgehead atoms. The molecule has 3 N–H and O–H groups in total. The molecule has 1 aromatic carbocycles. The van der Waals surface area contributed by atoms with Crippen LogP contribution in [-0.2, 0) is 4.74 Å². The van der Waals surface area contributed by atoms with Crippen LogP contribution in [0.15, 0.2) is 36.4 Å². The molecule has 0 saturated carbocycles. The first kappa shape index (κ1) is 20.2. The van der Waals surface area contributed by atoms with Crippen molar-refractivity contribution in [3.8, 4) is 0 Å². The SMILES string of the molecule is Cc1cc2c(N)c(C(=O)OC3CCN(C(=O)Nc4ccccc4)CC3)sc2nc1C. The molecule has 0 aliphatic carbocycles. The molecule has 0 spiro atoms. The number of fused-ring (bicyclic) bond motifs is 1. The number of likely N-dealkylation sites (tertiary alicyclic amines) is 1. The topological polar surface area (TPSA) is 97.6 Å². The van der Waals surface area contributed by atoms with Gasteiger partial charge in [0, 0.05) is 42.7 Å². The lowest BCUT2D eigenvalue weighted by Gasteiger charge is -2.31. The number of hydrogen-bond acceptors (Lipinski definition) is 6. The number of thiophene rings is 1. The van der Waals surface area contributed by atoms with Crippen molar-refractivity contribution in [3.05, 3.63) is 52.5 Å². The third kappa shape index (κ3) is 4.09. The van der Waals surface area contributed by atoms with Crippen molar-refractivity contribution in [1.29, 1.82) is 0 Å². The summed E-state index contributed by atoms with van der Waals surface area (Å²) in [5.41, 5.74) is 9.35. The molecule has 3 aromatic rings. The molecule has 156 valence electrons. The average Bonchev–Trinajstić information content (AvgIpc) is 3.05. The van der Waals surface area contributed by atoms with Gasteiger partial charge in [0.1, 0.15) is 15.8 Å². The van der Waals surface area contributed by atoms with Gasteiger partial charge in [0.2, 0.25) is 0 Å². The van der Waals surface area contributed by atoms with Crippen LogP contribution in [0, 0.1) is 13.8 Å². The Hall–Kier alpha value is -3.13. The third-order valence-corrected chi connectivity index (χ3v) is 6.47. The van der Waals surface area contributed by atoms with Gasteiger partial charge in [-0.3, -0.25) is 0 Å². The van der Waals surface area contributed by atoms with Crippen molar-refractivity contribution >= 4 is 44.9 Å². The molecule has 0 unspecified atom stereocenters. The van der Waals surface area contributed by atoms with E-state index in [1.54, 1.807) is 4.90 Å². The van der Waals surface area contributed by atoms with Gasteiger partial charge in [0.05, 0.1) is 5.69 Å². The van der Waals surface area contributed by atoms with E-state index in [9.17, 15) is 9.59 Å². The van der Waals surface area contributed by atoms with Gasteiger partial charge in [-0.05, 0) is 37.6 Å². The number of aryl methyl sites for hydroxylation is 2. The van der Waals surface area contributed by atoms with E-state index in [4.69, 9.17) is 10.5 Å². The van der Waals surface area contributed by atoms with Gasteiger partial charge in [0.15, 0.2) is 0 Å². The molecule has 1 saturated heterocycles. The van der Waals surface area contributed by atoms with Crippen LogP contribution in [0.1, 0.15) is 33.8 Å². The fourth-order valence-electron chi connectivity index (χ4n) is 3.49. The number of benzene rings is 1. The maximum Gasteiger partial charge on any atom is 0.350 e. The Labute approximate surface area is 178 Å². The van der Waals surface area contributed by atoms with Crippen LogP contribution in [0.2, 0.25) is 0 Å². The van der Waals surface area contributed by atoms with Crippen LogP contribution in [-0.4, -0.2) is 41.1 Å². The number of carbonyl (C=O) groups is 2. The number of piperidine rings is 1. The van der Waals surface area contributed by atoms with Crippen molar-refractivity contribution in [2.75, 3.05) is 24.1 Å². The lowest BCUT2D eigenvalue weighted by Crippen LogP contribution is -2.43. The highest BCUT2D eigenvalue weighted by Crippen LogP contribution is 2.34. The monoisotopic (exact) mass is 424 g/mol. The Morgan fingerprint density at radius 2 is 1.90 bits per heavy atom. The van der Waals surface area contributed by atoms with Crippen LogP contribution in [0.4, 0.5) is 16.2 Å². The Morgan fingerprint density at radius 1 is 1.20 bits per heavy atom. The molecule has 30 heavy (non-hydrogen) atoms. The van der Waals surface area contributed by atoms with Gasteiger partial charge < -0.3 is 20.7 Å². The second kappa shape index (κ2) is 8.31. The van der Waals surface area contributed by atoms with Crippen molar-refractivity contribution < 1.29 is 14.3 Å². The number of hydrogen-bond donors (Lipinski definition) is 2. The first-order chi connectivity index (χ1) is 14.4. The molecule has 0 radical (unpaired) electrons. The largest absolute Gasteiger partial charge is 0.458 e. The number of nitrogens with zero attached hydrogens (tertiary/aromatic N) is 2. The Kier molecular flexibility index (Phi) is 5.59. The number of nitrogen functional groups attached to an aromatic ring is 1. The molecule has 1 fully saturated rings. The number of nitrogens with two attached hydrogens (primary N) is 1. The van der Waals surface area contributed by atoms with Gasteiger partial charge in [0.25, 0.3) is 0 Å². The molecule has 0 atom stereocenters. The number of esters is 1. The summed E-state index contributed by atoms with van der Waals surface area (Å²) < 4.78 is 5.70. The second-order valence-electron chi connectivity index (χ2n) is 7.48. The fourth-order valence-corrected chi connectivity index (χ4v) is 4.49. The van der Waals surface area contributed by atoms with Gasteiger partial charge >= 0.3 is 12.0 Å². The molecule has 2 amide bonds. The maximum absolute atomic E-state index is 12.7. The predicted molar refractivity (Wildman–Crippen MR) is 119 cm³/mol. The lowest BCUT2D eigenvalue weighted by atomic mass is 10.1. The number of aromatic nitrogens is 1. The van der Waals surface area contributed by atoms with E-state index >= 15 is 0 Å². The Balaban J connectivity index is 1.36. The van der Waals surface area contributed by atoms with Crippen LogP contribution < -0.4 is 11.1 Å². The number of para-hydroxylation sites is 1. The number of urea groups is 1. The number of amides is 2. The van der Waals surface area contributed by atoms with Crippen LogP contribution in [0.25, 0.3) is 10.2 Å². The highest BCUT2D eigenvalue weighted by molar-refractivity contribution is 7.21. The number of pyridine rings is 1. The summed E-state index contributed by atoms with van der Waals surface area (Å²) in [6, 6.07) is 11.2. The molecule has 3 heterocycles. The molecular formula is C22H24N4O3S. The molecule has 4 rings (SSSR count). The van der Waals surface area contributed by atoms with E-state index in [2.05, 4.69) is 10.3 Å². The highest BCUT2D eigenvalue weighted by atomic mass is 32.1. The van der Waals surface area contributed by atoms with Crippen molar-refractivity contribution in [2.24, 2.45) is 0 Å². The van der Waals surface area contributed by atoms with Crippen LogP contribution in [0.3, 0.4) is 0 Å². The average molecular weight is 425 g/mol. The first-order valence-electron chi connectivity index (χ1n) is 9.90. The summed E-state index contributed by atoms with van der Waals surface area (Å²) >= 11 is 1.26. The van der Waals surface area contributed by atoms with E-state index < -0.39 is 5.97 Å². The Morgan fingerprint density at radius 3 is 2.60 bits per heavy atom. The maximum atomic E-state index is 12.7. The molecule has 8 heteroatoms. The van der Waals surface area contributed by atoms with Gasteiger partial charge in [-0.2, -0.15) is 0 Å². The Bertz CT molecular complexity index is 1090. The van der Waals surface area contributed by atoms with Gasteiger partial charge in [-0.15, -0.1) is 11.3 Å². The quantitative estimate of drug-likeness (QED) is 0.609. The molecule has 2 aromatic heterocycles. The summed E-state index contributed by atoms with van der Waals surface area (Å²) in [6.07, 6.45) is 0.948. The summed E-state index contributed by atoms with van der Waals surface area (Å²) in [5, 5.41) is 3.68. The van der Waals surface area contributed by atoms with E-state index in [0.717, 1.165) is 27.2 Å². The minimum absolute atomic E-state index is 0.142. The highest BCUT2D eigenvalue weighted by Gasteiger charge is 2.27. The van der Waals surface area contributed by atoms with Crippen LogP contribution >= 0.6 is 11.3 Å². The summed E-state index contributed by atoms with van der Waals surface area (Å²) in [5.74, 6) is -0.419. The minimum atomic E-state index is -0.419. The van der Waals surface area contributed by atoms with Crippen LogP contribution in [0.5, 0.6) is 0 Å². The first-order valence-corrected chi connectivity index (χ1v) is 10.7. The smallest absolute Gasteiger partial charge is 0.350 e. The molecule has 7 nitrogen and oxygen atoms in total. The van der Waals surface area contributed by atoms with Gasteiger partial charge in [-0.25, -0.2) is 14.6 Å². The summed E-state index contributed by atoms with van der Waals surface area (Å²) in [4.78, 5) is 32.5. The number of ether oxygens (including phenoxy) is 1. The molecule has 1 aliphatic heterocycles. The molecular weight excluding hydrogens is 400 g/mol. The van der Waals surface area contributed by atoms with Crippen molar-refractivity contribution in [1.82, 2.24) is 9.88 Å². The standard InChI is InChI=1S/C22H24N4O3S/c1-13-12-17-18(23)19(30-20(17)24-14(13)2)21(27)29-16-8-10-26(11-9-16)22(28)25-15-6-4-3-5-7-15/h3-7,12,16H,8-11,23H2,1-2H3,(H,25,28). The zero-order valence-electron chi connectivity index (χ0n) is 17.0. The van der Waals surface area contributed by atoms with E-state index in [-0.39, 0.29) is 12.1 Å². The van der Waals surface area contributed by atoms with Crippen molar-refractivity contribution in [3.63, 3.8) is 0 Å². The number of carbonyl (C=O) groups excluding carboxylic acids is 2. The summed E-state index contributed by atoms with van der Waals surface area (Å²) in [7, 11) is 0. The normalized spacial score (nSPS) is 14.7. The van der Waals surface area contributed by atoms with E-state index in [0.29, 0.717) is 36.5 Å². The number of rotatable bonds is 3. The third-order valence-electron chi connectivity index (χ3n) is 5.38. The second-order valence-corrected chi connectivity index (χ2v) is 8.48. The lowest BCUT2D eigenvalue weighted by molar-refractivity contribution is 0.0164.